The molecular formula is C15H18O4. The van der Waals surface area contributed by atoms with Crippen molar-refractivity contribution in [2.45, 2.75) is 46.3 Å². The maximum Gasteiger partial charge on any atom is 0.337 e. The molecule has 0 N–H and O–H groups in total. The molecule has 19 heavy (non-hydrogen) atoms. The topological polar surface area (TPSA) is 52.6 Å². The van der Waals surface area contributed by atoms with Crippen molar-refractivity contribution in [3.8, 4) is 0 Å². The maximum atomic E-state index is 12.3. The second-order valence-corrected chi connectivity index (χ2v) is 5.98. The number of rotatable bonds is 0. The second-order valence-electron chi connectivity index (χ2n) is 5.98. The Balaban J connectivity index is 2.11. The van der Waals surface area contributed by atoms with Gasteiger partial charge in [-0.1, -0.05) is 19.9 Å². The highest BCUT2D eigenvalue weighted by atomic mass is 16.7. The number of ether oxygens (including phenoxy) is 2. The summed E-state index contributed by atoms with van der Waals surface area (Å²) in [5.41, 5.74) is 1.92. The van der Waals surface area contributed by atoms with E-state index in [1.54, 1.807) is 6.92 Å². The van der Waals surface area contributed by atoms with E-state index < -0.39 is 6.29 Å². The molecule has 0 radical (unpaired) electrons. The van der Waals surface area contributed by atoms with Crippen molar-refractivity contribution in [3.05, 3.63) is 22.8 Å². The van der Waals surface area contributed by atoms with Gasteiger partial charge in [0.25, 0.3) is 6.29 Å². The van der Waals surface area contributed by atoms with Gasteiger partial charge in [-0.3, -0.25) is 0 Å². The van der Waals surface area contributed by atoms with Gasteiger partial charge < -0.3 is 9.47 Å². The molecule has 0 aromatic heterocycles. The van der Waals surface area contributed by atoms with Crippen molar-refractivity contribution >= 4 is 11.9 Å². The lowest BCUT2D eigenvalue weighted by molar-refractivity contribution is -0.170. The maximum absolute atomic E-state index is 12.3. The number of esters is 2. The molecule has 0 amide bonds. The van der Waals surface area contributed by atoms with Crippen LogP contribution in [0.15, 0.2) is 22.8 Å². The van der Waals surface area contributed by atoms with Gasteiger partial charge in [0, 0.05) is 22.1 Å². The standard InChI is InChI=1S/C15H18O4/c1-8-5-4-6-11-13(17)19-14-10(7-15(8,11)3)9(2)12(16)18-14/h6,8,14H,4-5,7H2,1-3H3/t8-,14+,15+/m0/s1. The molecule has 0 unspecified atom stereocenters. The van der Waals surface area contributed by atoms with Gasteiger partial charge in [0.15, 0.2) is 0 Å². The largest absolute Gasteiger partial charge is 0.418 e. The van der Waals surface area contributed by atoms with Crippen LogP contribution < -0.4 is 0 Å². The van der Waals surface area contributed by atoms with Crippen LogP contribution in [0.25, 0.3) is 0 Å². The first-order valence-electron chi connectivity index (χ1n) is 6.75. The number of carbonyl (C=O) groups is 2. The fourth-order valence-corrected chi connectivity index (χ4v) is 3.31. The van der Waals surface area contributed by atoms with Gasteiger partial charge >= 0.3 is 11.9 Å². The summed E-state index contributed by atoms with van der Waals surface area (Å²) in [5.74, 6) is -0.321. The van der Waals surface area contributed by atoms with Crippen LogP contribution in [-0.4, -0.2) is 18.2 Å². The minimum atomic E-state index is -0.810. The van der Waals surface area contributed by atoms with E-state index in [-0.39, 0.29) is 17.4 Å². The van der Waals surface area contributed by atoms with E-state index in [2.05, 4.69) is 13.8 Å². The van der Waals surface area contributed by atoms with Crippen molar-refractivity contribution in [1.29, 1.82) is 0 Å². The summed E-state index contributed by atoms with van der Waals surface area (Å²) in [6, 6.07) is 0. The SMILES string of the molecule is CC1=C2C[C@@]3(C)C(=CCC[C@@H]3C)C(=O)O[C@H]2OC1=O. The monoisotopic (exact) mass is 262 g/mol. The van der Waals surface area contributed by atoms with E-state index in [4.69, 9.17) is 9.47 Å². The van der Waals surface area contributed by atoms with Crippen molar-refractivity contribution in [3.63, 3.8) is 0 Å². The summed E-state index contributed by atoms with van der Waals surface area (Å²) in [6.07, 6.45) is 3.80. The van der Waals surface area contributed by atoms with Crippen molar-refractivity contribution < 1.29 is 19.1 Å². The molecule has 2 heterocycles. The molecule has 0 bridgehead atoms. The van der Waals surface area contributed by atoms with Crippen molar-refractivity contribution in [1.82, 2.24) is 0 Å². The predicted octanol–water partition coefficient (Wildman–Crippen LogP) is 2.50. The quantitative estimate of drug-likeness (QED) is 0.629. The van der Waals surface area contributed by atoms with Gasteiger partial charge in [-0.2, -0.15) is 0 Å². The van der Waals surface area contributed by atoms with E-state index in [1.165, 1.54) is 0 Å². The Morgan fingerprint density at radius 1 is 1.26 bits per heavy atom. The van der Waals surface area contributed by atoms with Crippen LogP contribution in [0.3, 0.4) is 0 Å². The molecule has 0 aromatic rings. The minimum Gasteiger partial charge on any atom is -0.418 e. The Hall–Kier alpha value is -1.58. The number of carbonyl (C=O) groups excluding carboxylic acids is 2. The van der Waals surface area contributed by atoms with Gasteiger partial charge in [-0.25, -0.2) is 9.59 Å². The van der Waals surface area contributed by atoms with Gasteiger partial charge in [0.2, 0.25) is 0 Å². The van der Waals surface area contributed by atoms with Crippen LogP contribution in [0.1, 0.15) is 40.0 Å². The first-order chi connectivity index (χ1) is 8.93. The second kappa shape index (κ2) is 3.95. The lowest BCUT2D eigenvalue weighted by Crippen LogP contribution is -2.33. The van der Waals surface area contributed by atoms with Gasteiger partial charge in [-0.05, 0) is 32.1 Å². The average molecular weight is 262 g/mol. The van der Waals surface area contributed by atoms with E-state index >= 15 is 0 Å². The van der Waals surface area contributed by atoms with Gasteiger partial charge in [0.1, 0.15) is 0 Å². The molecule has 3 atom stereocenters. The van der Waals surface area contributed by atoms with Gasteiger partial charge in [-0.15, -0.1) is 0 Å². The highest BCUT2D eigenvalue weighted by molar-refractivity contribution is 5.95. The Morgan fingerprint density at radius 3 is 2.68 bits per heavy atom. The first-order valence-corrected chi connectivity index (χ1v) is 6.75. The minimum absolute atomic E-state index is 0.255. The summed E-state index contributed by atoms with van der Waals surface area (Å²) < 4.78 is 10.5. The molecule has 3 aliphatic rings. The highest BCUT2D eigenvalue weighted by Gasteiger charge is 2.49. The van der Waals surface area contributed by atoms with E-state index in [0.29, 0.717) is 17.9 Å². The summed E-state index contributed by atoms with van der Waals surface area (Å²) >= 11 is 0. The molecule has 1 aliphatic carbocycles. The van der Waals surface area contributed by atoms with Crippen LogP contribution in [0.5, 0.6) is 0 Å². The number of fused-ring (bicyclic) bond motifs is 2. The third-order valence-corrected chi connectivity index (χ3v) is 4.93. The van der Waals surface area contributed by atoms with Crippen LogP contribution in [0, 0.1) is 11.3 Å². The third-order valence-electron chi connectivity index (χ3n) is 4.93. The zero-order valence-corrected chi connectivity index (χ0v) is 11.5. The molecule has 3 rings (SSSR count). The Morgan fingerprint density at radius 2 is 1.95 bits per heavy atom. The molecule has 2 aliphatic heterocycles. The highest BCUT2D eigenvalue weighted by Crippen LogP contribution is 2.50. The summed E-state index contributed by atoms with van der Waals surface area (Å²) in [4.78, 5) is 23.9. The van der Waals surface area contributed by atoms with E-state index in [9.17, 15) is 9.59 Å². The van der Waals surface area contributed by atoms with Crippen molar-refractivity contribution in [2.75, 3.05) is 0 Å². The first kappa shape index (κ1) is 12.5. The van der Waals surface area contributed by atoms with E-state index in [1.807, 2.05) is 6.08 Å². The zero-order valence-electron chi connectivity index (χ0n) is 11.5. The van der Waals surface area contributed by atoms with E-state index in [0.717, 1.165) is 24.0 Å². The molecule has 0 spiro atoms. The summed E-state index contributed by atoms with van der Waals surface area (Å²) in [6.45, 7) is 6.00. The fourth-order valence-electron chi connectivity index (χ4n) is 3.31. The number of allylic oxidation sites excluding steroid dienone is 1. The van der Waals surface area contributed by atoms with Crippen LogP contribution in [0.2, 0.25) is 0 Å². The summed E-state index contributed by atoms with van der Waals surface area (Å²) in [5, 5.41) is 0. The molecule has 4 nitrogen and oxygen atoms in total. The third kappa shape index (κ3) is 1.66. The Kier molecular flexibility index (Phi) is 2.59. The Bertz CT molecular complexity index is 528. The zero-order chi connectivity index (χ0) is 13.8. The molecular weight excluding hydrogens is 244 g/mol. The van der Waals surface area contributed by atoms with Crippen LogP contribution in [0.4, 0.5) is 0 Å². The molecule has 1 fully saturated rings. The van der Waals surface area contributed by atoms with Gasteiger partial charge in [0.05, 0.1) is 0 Å². The number of hydrogen-bond acceptors (Lipinski definition) is 4. The molecule has 0 saturated carbocycles. The normalized spacial score (nSPS) is 37.9. The summed E-state index contributed by atoms with van der Waals surface area (Å²) in [7, 11) is 0. The molecule has 4 heteroatoms. The smallest absolute Gasteiger partial charge is 0.337 e. The molecule has 102 valence electrons. The lowest BCUT2D eigenvalue weighted by atomic mass is 9.64. The van der Waals surface area contributed by atoms with Crippen LogP contribution in [-0.2, 0) is 19.1 Å². The van der Waals surface area contributed by atoms with Crippen molar-refractivity contribution in [2.24, 2.45) is 11.3 Å². The number of hydrogen-bond donors (Lipinski definition) is 0. The predicted molar refractivity (Wildman–Crippen MR) is 67.9 cm³/mol. The Labute approximate surface area is 112 Å². The van der Waals surface area contributed by atoms with Crippen LogP contribution >= 0.6 is 0 Å². The molecule has 1 saturated heterocycles. The lowest BCUT2D eigenvalue weighted by Gasteiger charge is -2.38. The molecule has 0 aromatic carbocycles. The fraction of sp³-hybridized carbons (Fsp3) is 0.600. The average Bonchev–Trinajstić information content (AvgIpc) is 2.54.